The smallest absolute Gasteiger partial charge is 0.166 e. The Balaban J connectivity index is 2.47. The third-order valence-corrected chi connectivity index (χ3v) is 4.19. The van der Waals surface area contributed by atoms with E-state index >= 15 is 0 Å². The Hall–Kier alpha value is -0.300. The second-order valence-corrected chi connectivity index (χ2v) is 4.85. The van der Waals surface area contributed by atoms with Crippen LogP contribution in [0.25, 0.3) is 0 Å². The topological polar surface area (TPSA) is 33.2 Å². The van der Waals surface area contributed by atoms with Gasteiger partial charge in [-0.1, -0.05) is 0 Å². The van der Waals surface area contributed by atoms with Gasteiger partial charge in [0.1, 0.15) is 0 Å². The lowest BCUT2D eigenvalue weighted by Crippen LogP contribution is -2.13. The standard InChI is InChI=1S/C9H9IN2OS/c10-14-12-5-1-2-9(13)7-6-11-4-3-8(7)12/h3-4,6H,1-2,5H2. The minimum Gasteiger partial charge on any atom is -0.307 e. The fourth-order valence-corrected chi connectivity index (χ4v) is 3.19. The lowest BCUT2D eigenvalue weighted by molar-refractivity contribution is 0.0983. The molecule has 0 unspecified atom stereocenters. The molecule has 0 aliphatic carbocycles. The molecule has 0 radical (unpaired) electrons. The molecule has 1 aliphatic rings. The Kier molecular flexibility index (Phi) is 3.27. The van der Waals surface area contributed by atoms with Gasteiger partial charge in [0, 0.05) is 55.7 Å². The third-order valence-electron chi connectivity index (χ3n) is 2.22. The molecule has 1 aromatic heterocycles. The van der Waals surface area contributed by atoms with Crippen LogP contribution >= 0.6 is 30.3 Å². The monoisotopic (exact) mass is 320 g/mol. The predicted molar refractivity (Wildman–Crippen MR) is 66.8 cm³/mol. The number of anilines is 1. The van der Waals surface area contributed by atoms with Gasteiger partial charge in [0.15, 0.2) is 5.78 Å². The SMILES string of the molecule is O=C1CCCN(SI)c2ccncc21. The van der Waals surface area contributed by atoms with Gasteiger partial charge < -0.3 is 4.31 Å². The number of Topliss-reactive ketones (excluding diaryl/α,β-unsaturated/α-hetero) is 1. The summed E-state index contributed by atoms with van der Waals surface area (Å²) in [6.45, 7) is 0.927. The van der Waals surface area contributed by atoms with Crippen LogP contribution in [0.15, 0.2) is 18.5 Å². The van der Waals surface area contributed by atoms with Gasteiger partial charge in [-0.15, -0.1) is 0 Å². The lowest BCUT2D eigenvalue weighted by Gasteiger charge is -2.18. The van der Waals surface area contributed by atoms with Gasteiger partial charge in [-0.25, -0.2) is 0 Å². The third kappa shape index (κ3) is 1.88. The highest BCUT2D eigenvalue weighted by atomic mass is 127. The number of fused-ring (bicyclic) bond motifs is 1. The Morgan fingerprint density at radius 2 is 2.43 bits per heavy atom. The highest BCUT2D eigenvalue weighted by Gasteiger charge is 2.20. The van der Waals surface area contributed by atoms with E-state index in [1.165, 1.54) is 0 Å². The van der Waals surface area contributed by atoms with E-state index < -0.39 is 0 Å². The molecule has 0 amide bonds. The molecule has 0 saturated carbocycles. The first kappa shape index (κ1) is 10.2. The minimum absolute atomic E-state index is 0.209. The van der Waals surface area contributed by atoms with Gasteiger partial charge in [0.2, 0.25) is 0 Å². The van der Waals surface area contributed by atoms with Crippen LogP contribution in [0.2, 0.25) is 0 Å². The van der Waals surface area contributed by atoms with Crippen molar-refractivity contribution in [2.75, 3.05) is 10.8 Å². The number of ketones is 1. The first-order valence-electron chi connectivity index (χ1n) is 4.36. The van der Waals surface area contributed by atoms with Crippen molar-refractivity contribution in [2.45, 2.75) is 12.8 Å². The van der Waals surface area contributed by atoms with Crippen molar-refractivity contribution in [3.63, 3.8) is 0 Å². The minimum atomic E-state index is 0.209. The van der Waals surface area contributed by atoms with Crippen molar-refractivity contribution >= 4 is 41.8 Å². The Bertz CT molecular complexity index is 358. The summed E-state index contributed by atoms with van der Waals surface area (Å²) < 4.78 is 2.14. The number of nitrogens with zero attached hydrogens (tertiary/aromatic N) is 2. The predicted octanol–water partition coefficient (Wildman–Crippen LogP) is 2.86. The zero-order chi connectivity index (χ0) is 9.97. The zero-order valence-corrected chi connectivity index (χ0v) is 10.4. The molecule has 1 aliphatic heterocycles. The number of aromatic nitrogens is 1. The number of pyridine rings is 1. The number of hydrogen-bond acceptors (Lipinski definition) is 4. The van der Waals surface area contributed by atoms with Crippen LogP contribution in [0, 0.1) is 0 Å². The van der Waals surface area contributed by atoms with Gasteiger partial charge in [0.05, 0.1) is 11.3 Å². The largest absolute Gasteiger partial charge is 0.307 e. The van der Waals surface area contributed by atoms with Crippen molar-refractivity contribution in [1.82, 2.24) is 4.98 Å². The Morgan fingerprint density at radius 3 is 3.21 bits per heavy atom. The molecule has 0 atom stereocenters. The molecule has 2 rings (SSSR count). The average molecular weight is 320 g/mol. The Labute approximate surface area is 99.0 Å². The second kappa shape index (κ2) is 4.48. The molecule has 0 N–H and O–H groups in total. The van der Waals surface area contributed by atoms with Crippen LogP contribution in [0.4, 0.5) is 5.69 Å². The molecule has 0 aromatic carbocycles. The number of hydrogen-bond donors (Lipinski definition) is 0. The maximum Gasteiger partial charge on any atom is 0.166 e. The molecule has 2 heterocycles. The van der Waals surface area contributed by atoms with Crippen LogP contribution < -0.4 is 4.31 Å². The molecule has 0 bridgehead atoms. The summed E-state index contributed by atoms with van der Waals surface area (Å²) in [5.41, 5.74) is 1.76. The summed E-state index contributed by atoms with van der Waals surface area (Å²) in [5, 5.41) is 0. The van der Waals surface area contributed by atoms with E-state index in [1.807, 2.05) is 6.07 Å². The van der Waals surface area contributed by atoms with E-state index in [4.69, 9.17) is 0 Å². The van der Waals surface area contributed by atoms with Gasteiger partial charge in [-0.05, 0) is 12.5 Å². The quantitative estimate of drug-likeness (QED) is 0.588. The van der Waals surface area contributed by atoms with Crippen LogP contribution in [-0.4, -0.2) is 17.3 Å². The number of carbonyl (C=O) groups is 1. The van der Waals surface area contributed by atoms with Gasteiger partial charge in [-0.3, -0.25) is 9.78 Å². The number of halogens is 1. The van der Waals surface area contributed by atoms with Gasteiger partial charge in [-0.2, -0.15) is 0 Å². The molecule has 3 nitrogen and oxygen atoms in total. The molecule has 5 heteroatoms. The molecule has 0 saturated heterocycles. The van der Waals surface area contributed by atoms with Crippen LogP contribution in [0.3, 0.4) is 0 Å². The molecule has 0 fully saturated rings. The summed E-state index contributed by atoms with van der Waals surface area (Å²) in [6.07, 6.45) is 4.95. The highest BCUT2D eigenvalue weighted by molar-refractivity contribution is 14.2. The first-order valence-corrected chi connectivity index (χ1v) is 7.68. The van der Waals surface area contributed by atoms with E-state index in [-0.39, 0.29) is 5.78 Å². The zero-order valence-electron chi connectivity index (χ0n) is 7.44. The van der Waals surface area contributed by atoms with Crippen LogP contribution in [0.5, 0.6) is 0 Å². The van der Waals surface area contributed by atoms with Crippen molar-refractivity contribution < 1.29 is 4.79 Å². The molecule has 1 aromatic rings. The molecular formula is C9H9IN2OS. The normalized spacial score (nSPS) is 16.4. The van der Waals surface area contributed by atoms with E-state index in [0.29, 0.717) is 6.42 Å². The number of carbonyl (C=O) groups excluding carboxylic acids is 1. The second-order valence-electron chi connectivity index (χ2n) is 3.09. The van der Waals surface area contributed by atoms with Crippen LogP contribution in [-0.2, 0) is 0 Å². The van der Waals surface area contributed by atoms with Crippen LogP contribution in [0.1, 0.15) is 23.2 Å². The molecule has 14 heavy (non-hydrogen) atoms. The van der Waals surface area contributed by atoms with Gasteiger partial charge >= 0.3 is 0 Å². The van der Waals surface area contributed by atoms with E-state index in [1.54, 1.807) is 21.5 Å². The molecule has 74 valence electrons. The number of rotatable bonds is 1. The summed E-state index contributed by atoms with van der Waals surface area (Å²) in [7, 11) is 1.63. The van der Waals surface area contributed by atoms with Crippen molar-refractivity contribution in [3.8, 4) is 0 Å². The van der Waals surface area contributed by atoms with Crippen molar-refractivity contribution in [1.29, 1.82) is 0 Å². The fourth-order valence-electron chi connectivity index (χ4n) is 1.53. The summed E-state index contributed by atoms with van der Waals surface area (Å²) in [5.74, 6) is 0.209. The lowest BCUT2D eigenvalue weighted by atomic mass is 10.1. The highest BCUT2D eigenvalue weighted by Crippen LogP contribution is 2.33. The summed E-state index contributed by atoms with van der Waals surface area (Å²) in [6, 6.07) is 1.91. The van der Waals surface area contributed by atoms with Gasteiger partial charge in [0.25, 0.3) is 0 Å². The average Bonchev–Trinajstić information content (AvgIpc) is 2.39. The Morgan fingerprint density at radius 1 is 1.57 bits per heavy atom. The maximum absolute atomic E-state index is 11.7. The maximum atomic E-state index is 11.7. The van der Waals surface area contributed by atoms with Crippen molar-refractivity contribution in [2.24, 2.45) is 0 Å². The summed E-state index contributed by atoms with van der Waals surface area (Å²) in [4.78, 5) is 15.7. The molecular weight excluding hydrogens is 311 g/mol. The fraction of sp³-hybridized carbons (Fsp3) is 0.333. The van der Waals surface area contributed by atoms with E-state index in [2.05, 4.69) is 30.5 Å². The van der Waals surface area contributed by atoms with E-state index in [9.17, 15) is 4.79 Å². The van der Waals surface area contributed by atoms with Crippen molar-refractivity contribution in [3.05, 3.63) is 24.0 Å². The van der Waals surface area contributed by atoms with E-state index in [0.717, 1.165) is 24.2 Å². The first-order chi connectivity index (χ1) is 6.83. The summed E-state index contributed by atoms with van der Waals surface area (Å²) >= 11 is 2.24. The molecule has 0 spiro atoms.